The van der Waals surface area contributed by atoms with Crippen LogP contribution in [0.15, 0.2) is 41.0 Å². The number of benzene rings is 1. The van der Waals surface area contributed by atoms with Gasteiger partial charge in [-0.25, -0.2) is 4.39 Å². The summed E-state index contributed by atoms with van der Waals surface area (Å²) in [6.45, 7) is 2.10. The molecule has 1 aromatic heterocycles. The topological polar surface area (TPSA) is 24.9 Å². The summed E-state index contributed by atoms with van der Waals surface area (Å²) in [6.07, 6.45) is 3.29. The van der Waals surface area contributed by atoms with Crippen molar-refractivity contribution in [1.82, 2.24) is 10.3 Å². The Labute approximate surface area is 127 Å². The molecule has 106 valence electrons. The molecular weight excluding hydrogens is 319 g/mol. The van der Waals surface area contributed by atoms with Gasteiger partial charge in [0.1, 0.15) is 5.82 Å². The Hall–Kier alpha value is -1.26. The van der Waals surface area contributed by atoms with Crippen molar-refractivity contribution in [2.75, 3.05) is 7.05 Å². The summed E-state index contributed by atoms with van der Waals surface area (Å²) in [4.78, 5) is 4.47. The van der Waals surface area contributed by atoms with Gasteiger partial charge in [-0.1, -0.05) is 35.0 Å². The third-order valence-corrected chi connectivity index (χ3v) is 3.92. The summed E-state index contributed by atoms with van der Waals surface area (Å²) in [6, 6.07) is 9.21. The van der Waals surface area contributed by atoms with Gasteiger partial charge in [0.25, 0.3) is 0 Å². The second-order valence-corrected chi connectivity index (χ2v) is 5.60. The van der Waals surface area contributed by atoms with Crippen LogP contribution in [0.5, 0.6) is 0 Å². The lowest BCUT2D eigenvalue weighted by atomic mass is 9.98. The molecule has 1 heterocycles. The van der Waals surface area contributed by atoms with E-state index in [1.54, 1.807) is 6.20 Å². The van der Waals surface area contributed by atoms with Crippen LogP contribution in [0.25, 0.3) is 0 Å². The van der Waals surface area contributed by atoms with Gasteiger partial charge in [-0.15, -0.1) is 0 Å². The van der Waals surface area contributed by atoms with Gasteiger partial charge in [-0.05, 0) is 49.2 Å². The molecule has 0 aliphatic heterocycles. The quantitative estimate of drug-likeness (QED) is 0.890. The van der Waals surface area contributed by atoms with Crippen LogP contribution in [0.2, 0.25) is 0 Å². The van der Waals surface area contributed by atoms with Gasteiger partial charge in [0.05, 0.1) is 11.7 Å². The molecule has 4 heteroatoms. The van der Waals surface area contributed by atoms with Crippen molar-refractivity contribution in [3.05, 3.63) is 63.6 Å². The number of nitrogens with zero attached hydrogens (tertiary/aromatic N) is 1. The number of pyridine rings is 1. The van der Waals surface area contributed by atoms with Crippen LogP contribution in [-0.4, -0.2) is 12.0 Å². The van der Waals surface area contributed by atoms with Crippen molar-refractivity contribution in [3.8, 4) is 0 Å². The van der Waals surface area contributed by atoms with E-state index < -0.39 is 0 Å². The fraction of sp³-hybridized carbons (Fsp3) is 0.312. The van der Waals surface area contributed by atoms with Gasteiger partial charge < -0.3 is 5.32 Å². The predicted octanol–water partition coefficient (Wildman–Crippen LogP) is 4.05. The van der Waals surface area contributed by atoms with E-state index in [1.165, 1.54) is 11.6 Å². The smallest absolute Gasteiger partial charge is 0.127 e. The highest BCUT2D eigenvalue weighted by Gasteiger charge is 2.16. The van der Waals surface area contributed by atoms with E-state index in [0.717, 1.165) is 16.6 Å². The Morgan fingerprint density at radius 1 is 1.30 bits per heavy atom. The minimum Gasteiger partial charge on any atom is -0.311 e. The third kappa shape index (κ3) is 3.44. The zero-order valence-electron chi connectivity index (χ0n) is 11.7. The molecule has 1 aromatic carbocycles. The molecule has 0 radical (unpaired) electrons. The van der Waals surface area contributed by atoms with Crippen molar-refractivity contribution in [3.63, 3.8) is 0 Å². The fourth-order valence-corrected chi connectivity index (χ4v) is 2.64. The summed E-state index contributed by atoms with van der Waals surface area (Å²) in [5, 5.41) is 3.24. The van der Waals surface area contributed by atoms with Crippen LogP contribution < -0.4 is 5.32 Å². The van der Waals surface area contributed by atoms with Gasteiger partial charge in [-0.2, -0.15) is 0 Å². The summed E-state index contributed by atoms with van der Waals surface area (Å²) >= 11 is 3.28. The number of hydrogen-bond donors (Lipinski definition) is 1. The third-order valence-electron chi connectivity index (χ3n) is 3.42. The Morgan fingerprint density at radius 3 is 2.75 bits per heavy atom. The molecule has 2 rings (SSSR count). The largest absolute Gasteiger partial charge is 0.311 e. The molecule has 0 amide bonds. The molecule has 1 unspecified atom stereocenters. The maximum absolute atomic E-state index is 14.0. The average Bonchev–Trinajstić information content (AvgIpc) is 2.46. The molecule has 2 nitrogen and oxygen atoms in total. The highest BCUT2D eigenvalue weighted by atomic mass is 79.9. The monoisotopic (exact) mass is 336 g/mol. The zero-order valence-corrected chi connectivity index (χ0v) is 13.2. The summed E-state index contributed by atoms with van der Waals surface area (Å²) in [5.74, 6) is -0.186. The number of halogens is 2. The van der Waals surface area contributed by atoms with Crippen LogP contribution >= 0.6 is 15.9 Å². The minimum absolute atomic E-state index is 0.0156. The molecule has 0 spiro atoms. The number of rotatable bonds is 5. The van der Waals surface area contributed by atoms with Crippen molar-refractivity contribution in [1.29, 1.82) is 0 Å². The van der Waals surface area contributed by atoms with E-state index in [2.05, 4.69) is 39.2 Å². The minimum atomic E-state index is -0.186. The second-order valence-electron chi connectivity index (χ2n) is 4.68. The number of aromatic nitrogens is 1. The lowest BCUT2D eigenvalue weighted by molar-refractivity contribution is 0.541. The Kier molecular flexibility index (Phi) is 5.26. The summed E-state index contributed by atoms with van der Waals surface area (Å²) < 4.78 is 14.7. The Bertz CT molecular complexity index is 586. The van der Waals surface area contributed by atoms with Crippen LogP contribution in [0, 0.1) is 5.82 Å². The van der Waals surface area contributed by atoms with Gasteiger partial charge >= 0.3 is 0 Å². The standard InChI is InChI=1S/C16H18BrFN2/c1-3-11-5-4-8-20-16(11)15(19-2)9-12-6-7-13(17)10-14(12)18/h4-8,10,15,19H,3,9H2,1-2H3. The number of likely N-dealkylation sites (N-methyl/N-ethyl adjacent to an activating group) is 1. The molecule has 1 atom stereocenters. The van der Waals surface area contributed by atoms with Gasteiger partial charge in [0.15, 0.2) is 0 Å². The molecule has 0 aliphatic rings. The van der Waals surface area contributed by atoms with E-state index in [-0.39, 0.29) is 11.9 Å². The Balaban J connectivity index is 2.29. The zero-order chi connectivity index (χ0) is 14.5. The van der Waals surface area contributed by atoms with Crippen LogP contribution in [-0.2, 0) is 12.8 Å². The van der Waals surface area contributed by atoms with E-state index in [4.69, 9.17) is 0 Å². The maximum Gasteiger partial charge on any atom is 0.127 e. The number of hydrogen-bond acceptors (Lipinski definition) is 2. The van der Waals surface area contributed by atoms with Crippen molar-refractivity contribution >= 4 is 15.9 Å². The Morgan fingerprint density at radius 2 is 2.10 bits per heavy atom. The van der Waals surface area contributed by atoms with E-state index in [1.807, 2.05) is 25.2 Å². The fourth-order valence-electron chi connectivity index (χ4n) is 2.31. The predicted molar refractivity (Wildman–Crippen MR) is 83.2 cm³/mol. The van der Waals surface area contributed by atoms with Gasteiger partial charge in [0.2, 0.25) is 0 Å². The lowest BCUT2D eigenvalue weighted by Crippen LogP contribution is -2.22. The van der Waals surface area contributed by atoms with E-state index >= 15 is 0 Å². The maximum atomic E-state index is 14.0. The molecular formula is C16H18BrFN2. The van der Waals surface area contributed by atoms with Gasteiger partial charge in [-0.3, -0.25) is 4.98 Å². The summed E-state index contributed by atoms with van der Waals surface area (Å²) in [7, 11) is 1.88. The normalized spacial score (nSPS) is 12.4. The highest BCUT2D eigenvalue weighted by molar-refractivity contribution is 9.10. The molecule has 20 heavy (non-hydrogen) atoms. The van der Waals surface area contributed by atoms with Crippen molar-refractivity contribution in [2.45, 2.75) is 25.8 Å². The number of aryl methyl sites for hydroxylation is 1. The van der Waals surface area contributed by atoms with Gasteiger partial charge in [0, 0.05) is 10.7 Å². The average molecular weight is 337 g/mol. The summed E-state index contributed by atoms with van der Waals surface area (Å²) in [5.41, 5.74) is 2.89. The highest BCUT2D eigenvalue weighted by Crippen LogP contribution is 2.23. The molecule has 0 saturated carbocycles. The van der Waals surface area contributed by atoms with Crippen LogP contribution in [0.3, 0.4) is 0 Å². The first kappa shape index (κ1) is 15.1. The van der Waals surface area contributed by atoms with Crippen molar-refractivity contribution < 1.29 is 4.39 Å². The molecule has 0 aliphatic carbocycles. The molecule has 0 saturated heterocycles. The van der Waals surface area contributed by atoms with Crippen molar-refractivity contribution in [2.24, 2.45) is 0 Å². The molecule has 2 aromatic rings. The lowest BCUT2D eigenvalue weighted by Gasteiger charge is -2.19. The molecule has 0 bridgehead atoms. The van der Waals surface area contributed by atoms with Crippen LogP contribution in [0.4, 0.5) is 4.39 Å². The van der Waals surface area contributed by atoms with E-state index in [0.29, 0.717) is 12.0 Å². The number of nitrogens with one attached hydrogen (secondary N) is 1. The second kappa shape index (κ2) is 6.95. The first-order valence-corrected chi connectivity index (χ1v) is 7.50. The molecule has 0 fully saturated rings. The van der Waals surface area contributed by atoms with Crippen LogP contribution in [0.1, 0.15) is 29.8 Å². The van der Waals surface area contributed by atoms with E-state index in [9.17, 15) is 4.39 Å². The first-order valence-electron chi connectivity index (χ1n) is 6.70. The SMILES string of the molecule is CCc1cccnc1C(Cc1ccc(Br)cc1F)NC. The first-order chi connectivity index (χ1) is 9.65. The molecule has 1 N–H and O–H groups in total.